The van der Waals surface area contributed by atoms with Gasteiger partial charge in [-0.15, -0.1) is 0 Å². The van der Waals surface area contributed by atoms with Gasteiger partial charge >= 0.3 is 5.97 Å². The molecule has 0 spiro atoms. The highest BCUT2D eigenvalue weighted by atomic mass is 16.5. The molecule has 156 valence electrons. The summed E-state index contributed by atoms with van der Waals surface area (Å²) in [5, 5.41) is 7.16. The van der Waals surface area contributed by atoms with Crippen LogP contribution < -0.4 is 5.32 Å². The third-order valence-electron chi connectivity index (χ3n) is 5.67. The van der Waals surface area contributed by atoms with Gasteiger partial charge in [-0.25, -0.2) is 9.50 Å². The molecule has 2 atom stereocenters. The molecule has 0 bridgehead atoms. The van der Waals surface area contributed by atoms with Crippen LogP contribution in [0.2, 0.25) is 0 Å². The van der Waals surface area contributed by atoms with Gasteiger partial charge in [-0.2, -0.15) is 10.1 Å². The van der Waals surface area contributed by atoms with E-state index in [4.69, 9.17) is 4.74 Å². The van der Waals surface area contributed by atoms with Crippen LogP contribution in [0.15, 0.2) is 30.6 Å². The van der Waals surface area contributed by atoms with E-state index >= 15 is 0 Å². The number of ether oxygens (including phenoxy) is 1. The molecule has 1 aliphatic rings. The fourth-order valence-corrected chi connectivity index (χ4v) is 4.04. The van der Waals surface area contributed by atoms with Gasteiger partial charge in [0, 0.05) is 17.0 Å². The molecule has 1 N–H and O–H groups in total. The number of amides is 1. The molecular weight excluding hydrogens is 382 g/mol. The maximum absolute atomic E-state index is 12.7. The number of carbonyl (C=O) groups is 2. The quantitative estimate of drug-likeness (QED) is 0.652. The van der Waals surface area contributed by atoms with Crippen molar-refractivity contribution in [3.8, 4) is 0 Å². The summed E-state index contributed by atoms with van der Waals surface area (Å²) in [4.78, 5) is 33.6. The third kappa shape index (κ3) is 3.90. The van der Waals surface area contributed by atoms with E-state index in [0.29, 0.717) is 11.5 Å². The molecule has 8 heteroatoms. The zero-order chi connectivity index (χ0) is 21.3. The minimum absolute atomic E-state index is 0.0182. The molecule has 4 rings (SSSR count). The summed E-state index contributed by atoms with van der Waals surface area (Å²) in [5.41, 5.74) is 4.62. The van der Waals surface area contributed by atoms with E-state index in [0.717, 1.165) is 36.1 Å². The molecule has 2 heterocycles. The van der Waals surface area contributed by atoms with Gasteiger partial charge in [0.2, 0.25) is 0 Å². The molecule has 1 aromatic carbocycles. The van der Waals surface area contributed by atoms with Crippen molar-refractivity contribution in [3.05, 3.63) is 58.7 Å². The number of carbonyl (C=O) groups excluding carboxylic acids is 2. The molecule has 0 unspecified atom stereocenters. The summed E-state index contributed by atoms with van der Waals surface area (Å²) >= 11 is 0. The number of aromatic nitrogens is 4. The van der Waals surface area contributed by atoms with Crippen molar-refractivity contribution < 1.29 is 14.3 Å². The number of nitrogens with one attached hydrogen (secondary N) is 1. The Labute approximate surface area is 174 Å². The van der Waals surface area contributed by atoms with Crippen molar-refractivity contribution in [2.24, 2.45) is 0 Å². The molecule has 8 nitrogen and oxygen atoms in total. The van der Waals surface area contributed by atoms with E-state index in [9.17, 15) is 9.59 Å². The van der Waals surface area contributed by atoms with Crippen molar-refractivity contribution in [2.45, 2.75) is 58.6 Å². The van der Waals surface area contributed by atoms with Crippen LogP contribution >= 0.6 is 0 Å². The maximum atomic E-state index is 12.7. The topological polar surface area (TPSA) is 98.5 Å². The standard InChI is InChI=1S/C22H25N5O3/c1-13-18(14(2)27-22(25-13)23-12-24-27)11-20(28)30-15(3)21(29)26-19-10-6-8-16-7-4-5-9-17(16)19/h4-5,7,9,12,15,19H,6,8,10-11H2,1-3H3,(H,26,29)/t15-,19+/m1/s1. The average molecular weight is 407 g/mol. The van der Waals surface area contributed by atoms with Crippen molar-refractivity contribution in [2.75, 3.05) is 0 Å². The van der Waals surface area contributed by atoms with Crippen molar-refractivity contribution in [1.82, 2.24) is 24.9 Å². The maximum Gasteiger partial charge on any atom is 0.311 e. The minimum atomic E-state index is -0.879. The van der Waals surface area contributed by atoms with E-state index in [1.165, 1.54) is 11.9 Å². The Bertz CT molecular complexity index is 1110. The lowest BCUT2D eigenvalue weighted by atomic mass is 9.87. The zero-order valence-electron chi connectivity index (χ0n) is 17.4. The highest BCUT2D eigenvalue weighted by molar-refractivity contribution is 5.84. The Morgan fingerprint density at radius 3 is 2.93 bits per heavy atom. The highest BCUT2D eigenvalue weighted by Gasteiger charge is 2.26. The first kappa shape index (κ1) is 20.0. The fourth-order valence-electron chi connectivity index (χ4n) is 4.04. The first-order chi connectivity index (χ1) is 14.4. The first-order valence-electron chi connectivity index (χ1n) is 10.2. The van der Waals surface area contributed by atoms with Gasteiger partial charge in [-0.05, 0) is 51.2 Å². The smallest absolute Gasteiger partial charge is 0.311 e. The number of esters is 1. The van der Waals surface area contributed by atoms with Gasteiger partial charge in [0.15, 0.2) is 6.10 Å². The summed E-state index contributed by atoms with van der Waals surface area (Å²) in [7, 11) is 0. The Hall–Kier alpha value is -3.29. The van der Waals surface area contributed by atoms with E-state index < -0.39 is 12.1 Å². The number of hydrogen-bond acceptors (Lipinski definition) is 6. The van der Waals surface area contributed by atoms with Gasteiger partial charge in [0.1, 0.15) is 6.33 Å². The summed E-state index contributed by atoms with van der Waals surface area (Å²) in [6, 6.07) is 8.10. The summed E-state index contributed by atoms with van der Waals surface area (Å²) in [6.07, 6.45) is 3.49. The van der Waals surface area contributed by atoms with Crippen LogP contribution in [0.3, 0.4) is 0 Å². The largest absolute Gasteiger partial charge is 0.452 e. The lowest BCUT2D eigenvalue weighted by molar-refractivity contribution is -0.154. The summed E-state index contributed by atoms with van der Waals surface area (Å²) in [6.45, 7) is 5.27. The predicted octanol–water partition coefficient (Wildman–Crippen LogP) is 2.41. The molecule has 2 aromatic heterocycles. The lowest BCUT2D eigenvalue weighted by Crippen LogP contribution is -2.39. The van der Waals surface area contributed by atoms with E-state index in [1.54, 1.807) is 11.4 Å². The van der Waals surface area contributed by atoms with Gasteiger partial charge in [-0.3, -0.25) is 9.59 Å². The summed E-state index contributed by atoms with van der Waals surface area (Å²) in [5.74, 6) is -0.278. The second-order valence-electron chi connectivity index (χ2n) is 7.69. The van der Waals surface area contributed by atoms with Gasteiger partial charge < -0.3 is 10.1 Å². The van der Waals surface area contributed by atoms with E-state index in [2.05, 4.69) is 32.5 Å². The molecule has 0 fully saturated rings. The monoisotopic (exact) mass is 407 g/mol. The molecule has 3 aromatic rings. The van der Waals surface area contributed by atoms with Crippen molar-refractivity contribution >= 4 is 17.7 Å². The highest BCUT2D eigenvalue weighted by Crippen LogP contribution is 2.29. The number of nitrogens with zero attached hydrogens (tertiary/aromatic N) is 4. The van der Waals surface area contributed by atoms with Crippen LogP contribution in [0, 0.1) is 13.8 Å². The van der Waals surface area contributed by atoms with Gasteiger partial charge in [0.25, 0.3) is 11.7 Å². The van der Waals surface area contributed by atoms with Gasteiger partial charge in [-0.1, -0.05) is 24.3 Å². The molecule has 0 saturated heterocycles. The molecule has 0 saturated carbocycles. The number of benzene rings is 1. The van der Waals surface area contributed by atoms with Crippen LogP contribution in [0.4, 0.5) is 0 Å². The molecule has 0 radical (unpaired) electrons. The molecule has 0 aliphatic heterocycles. The number of fused-ring (bicyclic) bond motifs is 2. The molecule has 30 heavy (non-hydrogen) atoms. The van der Waals surface area contributed by atoms with E-state index in [1.807, 2.05) is 26.0 Å². The van der Waals surface area contributed by atoms with Crippen LogP contribution in [-0.4, -0.2) is 37.6 Å². The Morgan fingerprint density at radius 1 is 1.30 bits per heavy atom. The number of hydrogen-bond donors (Lipinski definition) is 1. The minimum Gasteiger partial charge on any atom is -0.452 e. The average Bonchev–Trinajstić information content (AvgIpc) is 3.20. The summed E-state index contributed by atoms with van der Waals surface area (Å²) < 4.78 is 7.01. The van der Waals surface area contributed by atoms with Gasteiger partial charge in [0.05, 0.1) is 12.5 Å². The van der Waals surface area contributed by atoms with Crippen molar-refractivity contribution in [1.29, 1.82) is 0 Å². The number of aryl methyl sites for hydroxylation is 3. The van der Waals surface area contributed by atoms with Crippen LogP contribution in [0.1, 0.15) is 53.9 Å². The Morgan fingerprint density at radius 2 is 2.10 bits per heavy atom. The van der Waals surface area contributed by atoms with Crippen LogP contribution in [0.25, 0.3) is 5.78 Å². The number of rotatable bonds is 5. The fraction of sp³-hybridized carbons (Fsp3) is 0.409. The van der Waals surface area contributed by atoms with Crippen LogP contribution in [-0.2, 0) is 27.2 Å². The van der Waals surface area contributed by atoms with Crippen LogP contribution in [0.5, 0.6) is 0 Å². The zero-order valence-corrected chi connectivity index (χ0v) is 17.4. The lowest BCUT2D eigenvalue weighted by Gasteiger charge is -2.27. The Balaban J connectivity index is 1.40. The van der Waals surface area contributed by atoms with E-state index in [-0.39, 0.29) is 18.4 Å². The molecule has 1 aliphatic carbocycles. The second kappa shape index (κ2) is 8.22. The molecular formula is C22H25N5O3. The molecule has 1 amide bonds. The normalized spacial score (nSPS) is 16.7. The predicted molar refractivity (Wildman–Crippen MR) is 110 cm³/mol. The SMILES string of the molecule is Cc1nc2ncnn2c(C)c1CC(=O)O[C@H](C)C(=O)N[C@H]1CCCc2ccccc21. The first-order valence-corrected chi connectivity index (χ1v) is 10.2. The Kier molecular flexibility index (Phi) is 5.48. The third-order valence-corrected chi connectivity index (χ3v) is 5.67. The second-order valence-corrected chi connectivity index (χ2v) is 7.69. The van der Waals surface area contributed by atoms with Crippen molar-refractivity contribution in [3.63, 3.8) is 0 Å².